The highest BCUT2D eigenvalue weighted by Crippen LogP contribution is 2.33. The molecule has 3 N–H and O–H groups in total. The summed E-state index contributed by atoms with van der Waals surface area (Å²) < 4.78 is 6.65. The Morgan fingerprint density at radius 3 is 3.06 bits per heavy atom. The van der Waals surface area contributed by atoms with Crippen molar-refractivity contribution in [2.75, 3.05) is 5.43 Å². The fourth-order valence-corrected chi connectivity index (χ4v) is 2.83. The summed E-state index contributed by atoms with van der Waals surface area (Å²) in [6.45, 7) is 2.24. The van der Waals surface area contributed by atoms with Gasteiger partial charge in [0, 0.05) is 0 Å². The summed E-state index contributed by atoms with van der Waals surface area (Å²) >= 11 is 3.41. The number of anilines is 1. The molecule has 1 aromatic rings. The summed E-state index contributed by atoms with van der Waals surface area (Å²) in [5.41, 5.74) is 2.51. The molecule has 0 aromatic carbocycles. The Bertz CT molecular complexity index is 402. The lowest BCUT2D eigenvalue weighted by Gasteiger charge is -2.28. The molecule has 18 heavy (non-hydrogen) atoms. The normalized spacial score (nSPS) is 23.7. The van der Waals surface area contributed by atoms with Crippen molar-refractivity contribution in [3.8, 4) is 5.88 Å². The average Bonchev–Trinajstić information content (AvgIpc) is 2.41. The van der Waals surface area contributed by atoms with Gasteiger partial charge in [-0.15, -0.1) is 0 Å². The number of hydrogen-bond donors (Lipinski definition) is 2. The third-order valence-electron chi connectivity index (χ3n) is 3.48. The second-order valence-corrected chi connectivity index (χ2v) is 5.46. The van der Waals surface area contributed by atoms with Crippen LogP contribution in [-0.2, 0) is 0 Å². The number of nitrogens with one attached hydrogen (secondary N) is 1. The molecule has 0 bridgehead atoms. The van der Waals surface area contributed by atoms with Crippen LogP contribution in [0.1, 0.15) is 39.0 Å². The van der Waals surface area contributed by atoms with Crippen molar-refractivity contribution in [3.05, 3.63) is 10.8 Å². The minimum atomic E-state index is 0.250. The van der Waals surface area contributed by atoms with E-state index < -0.39 is 0 Å². The van der Waals surface area contributed by atoms with E-state index in [4.69, 9.17) is 10.6 Å². The molecular weight excluding hydrogens is 296 g/mol. The lowest BCUT2D eigenvalue weighted by molar-refractivity contribution is 0.116. The zero-order chi connectivity index (χ0) is 13.0. The Morgan fingerprint density at radius 1 is 1.50 bits per heavy atom. The van der Waals surface area contributed by atoms with Gasteiger partial charge in [0.05, 0.1) is 0 Å². The van der Waals surface area contributed by atoms with Gasteiger partial charge >= 0.3 is 0 Å². The van der Waals surface area contributed by atoms with Crippen LogP contribution >= 0.6 is 15.9 Å². The molecule has 5 nitrogen and oxygen atoms in total. The smallest absolute Gasteiger partial charge is 0.233 e. The maximum absolute atomic E-state index is 5.97. The van der Waals surface area contributed by atoms with Crippen molar-refractivity contribution in [1.29, 1.82) is 0 Å². The average molecular weight is 315 g/mol. The summed E-state index contributed by atoms with van der Waals surface area (Å²) in [6.07, 6.45) is 7.68. The van der Waals surface area contributed by atoms with Crippen LogP contribution in [-0.4, -0.2) is 16.1 Å². The van der Waals surface area contributed by atoms with Gasteiger partial charge in [0.2, 0.25) is 5.88 Å². The molecule has 1 fully saturated rings. The van der Waals surface area contributed by atoms with Crippen molar-refractivity contribution < 1.29 is 4.74 Å². The van der Waals surface area contributed by atoms with Crippen LogP contribution in [0.2, 0.25) is 0 Å². The minimum Gasteiger partial charge on any atom is -0.473 e. The quantitative estimate of drug-likeness (QED) is 0.660. The Morgan fingerprint density at radius 2 is 2.33 bits per heavy atom. The van der Waals surface area contributed by atoms with Crippen LogP contribution < -0.4 is 16.0 Å². The summed E-state index contributed by atoms with van der Waals surface area (Å²) in [5, 5.41) is 0. The van der Waals surface area contributed by atoms with Crippen molar-refractivity contribution in [1.82, 2.24) is 9.97 Å². The number of rotatable bonds is 4. The Hall–Kier alpha value is -0.880. The van der Waals surface area contributed by atoms with E-state index in [1.807, 2.05) is 0 Å². The van der Waals surface area contributed by atoms with Crippen LogP contribution in [0.25, 0.3) is 0 Å². The zero-order valence-electron chi connectivity index (χ0n) is 10.5. The van der Waals surface area contributed by atoms with E-state index in [2.05, 4.69) is 38.2 Å². The number of ether oxygens (including phenoxy) is 1. The number of aromatic nitrogens is 2. The molecule has 2 unspecified atom stereocenters. The predicted molar refractivity (Wildman–Crippen MR) is 74.2 cm³/mol. The highest BCUT2D eigenvalue weighted by molar-refractivity contribution is 9.10. The Balaban J connectivity index is 2.04. The number of nitrogens with zero attached hydrogens (tertiary/aromatic N) is 2. The molecule has 2 atom stereocenters. The fourth-order valence-electron chi connectivity index (χ4n) is 2.41. The van der Waals surface area contributed by atoms with Crippen LogP contribution in [0.15, 0.2) is 10.8 Å². The first-order chi connectivity index (χ1) is 8.74. The molecule has 0 radical (unpaired) electrons. The largest absolute Gasteiger partial charge is 0.473 e. The SMILES string of the molecule is CCC1CCCC(Oc2ncnc(NN)c2Br)C1. The standard InChI is InChI=1S/C12H19BrN4O/c1-2-8-4-3-5-9(6-8)18-12-10(13)11(17-14)15-7-16-12/h7-9H,2-6,14H2,1H3,(H,15,16,17). The summed E-state index contributed by atoms with van der Waals surface area (Å²) in [6, 6.07) is 0. The molecule has 0 saturated heterocycles. The van der Waals surface area contributed by atoms with Crippen LogP contribution in [0, 0.1) is 5.92 Å². The van der Waals surface area contributed by atoms with Crippen molar-refractivity contribution in [2.45, 2.75) is 45.1 Å². The summed E-state index contributed by atoms with van der Waals surface area (Å²) in [4.78, 5) is 8.16. The van der Waals surface area contributed by atoms with Crippen LogP contribution in [0.5, 0.6) is 5.88 Å². The van der Waals surface area contributed by atoms with Gasteiger partial charge in [0.15, 0.2) is 5.82 Å². The van der Waals surface area contributed by atoms with Gasteiger partial charge in [-0.05, 0) is 41.1 Å². The van der Waals surface area contributed by atoms with E-state index in [9.17, 15) is 0 Å². The lowest BCUT2D eigenvalue weighted by Crippen LogP contribution is -2.25. The lowest BCUT2D eigenvalue weighted by atomic mass is 9.85. The molecule has 1 heterocycles. The van der Waals surface area contributed by atoms with Gasteiger partial charge in [0.25, 0.3) is 0 Å². The molecule has 1 aliphatic rings. The second kappa shape index (κ2) is 6.33. The van der Waals surface area contributed by atoms with E-state index in [0.717, 1.165) is 18.8 Å². The number of hydrogen-bond acceptors (Lipinski definition) is 5. The van der Waals surface area contributed by atoms with Gasteiger partial charge in [-0.1, -0.05) is 19.8 Å². The number of nitrogens with two attached hydrogens (primary N) is 1. The minimum absolute atomic E-state index is 0.250. The van der Waals surface area contributed by atoms with Gasteiger partial charge < -0.3 is 10.2 Å². The molecule has 1 saturated carbocycles. The maximum atomic E-state index is 5.97. The predicted octanol–water partition coefficient (Wildman–Crippen LogP) is 2.87. The molecule has 0 amide bonds. The highest BCUT2D eigenvalue weighted by Gasteiger charge is 2.23. The Kier molecular flexibility index (Phi) is 4.77. The monoisotopic (exact) mass is 314 g/mol. The zero-order valence-corrected chi connectivity index (χ0v) is 12.1. The number of halogens is 1. The third-order valence-corrected chi connectivity index (χ3v) is 4.20. The van der Waals surface area contributed by atoms with Crippen molar-refractivity contribution in [2.24, 2.45) is 11.8 Å². The first-order valence-corrected chi connectivity index (χ1v) is 7.17. The maximum Gasteiger partial charge on any atom is 0.233 e. The van der Waals surface area contributed by atoms with Gasteiger partial charge in [0.1, 0.15) is 16.9 Å². The molecular formula is C12H19BrN4O. The summed E-state index contributed by atoms with van der Waals surface area (Å²) in [7, 11) is 0. The number of nitrogen functional groups attached to an aromatic ring is 1. The first-order valence-electron chi connectivity index (χ1n) is 6.38. The molecule has 100 valence electrons. The van der Waals surface area contributed by atoms with Crippen LogP contribution in [0.4, 0.5) is 5.82 Å². The molecule has 2 rings (SSSR count). The molecule has 1 aromatic heterocycles. The van der Waals surface area contributed by atoms with E-state index in [1.165, 1.54) is 25.6 Å². The van der Waals surface area contributed by atoms with Crippen molar-refractivity contribution >= 4 is 21.7 Å². The van der Waals surface area contributed by atoms with E-state index in [0.29, 0.717) is 16.2 Å². The third kappa shape index (κ3) is 3.11. The molecule has 1 aliphatic carbocycles. The Labute approximate surface area is 116 Å². The summed E-state index contributed by atoms with van der Waals surface area (Å²) in [5.74, 6) is 7.26. The van der Waals surface area contributed by atoms with Crippen molar-refractivity contribution in [3.63, 3.8) is 0 Å². The second-order valence-electron chi connectivity index (χ2n) is 4.67. The first kappa shape index (κ1) is 13.5. The fraction of sp³-hybridized carbons (Fsp3) is 0.667. The molecule has 6 heteroatoms. The van der Waals surface area contributed by atoms with Gasteiger partial charge in [-0.3, -0.25) is 0 Å². The van der Waals surface area contributed by atoms with E-state index in [-0.39, 0.29) is 6.10 Å². The topological polar surface area (TPSA) is 73.1 Å². The molecule has 0 aliphatic heterocycles. The van der Waals surface area contributed by atoms with E-state index in [1.54, 1.807) is 0 Å². The van der Waals surface area contributed by atoms with Crippen LogP contribution in [0.3, 0.4) is 0 Å². The van der Waals surface area contributed by atoms with Gasteiger partial charge in [-0.25, -0.2) is 15.8 Å². The molecule has 0 spiro atoms. The highest BCUT2D eigenvalue weighted by atomic mass is 79.9. The number of hydrazine groups is 1. The van der Waals surface area contributed by atoms with E-state index >= 15 is 0 Å². The van der Waals surface area contributed by atoms with Gasteiger partial charge in [-0.2, -0.15) is 0 Å².